The molecule has 0 saturated heterocycles. The molecule has 0 radical (unpaired) electrons. The second-order valence-corrected chi connectivity index (χ2v) is 3.98. The van der Waals surface area contributed by atoms with Gasteiger partial charge in [0.25, 0.3) is 5.91 Å². The van der Waals surface area contributed by atoms with Crippen LogP contribution in [0.2, 0.25) is 0 Å². The van der Waals surface area contributed by atoms with E-state index in [1.165, 1.54) is 18.4 Å². The Balaban J connectivity index is 2.17. The monoisotopic (exact) mass is 251 g/mol. The Hall–Kier alpha value is -2.15. The molecule has 0 aromatic carbocycles. The highest BCUT2D eigenvalue weighted by atomic mass is 32.1. The first-order valence-electron chi connectivity index (χ1n) is 4.69. The normalized spacial score (nSPS) is 9.94. The maximum Gasteiger partial charge on any atom is 0.340 e. The molecule has 0 aliphatic carbocycles. The highest BCUT2D eigenvalue weighted by Crippen LogP contribution is 2.24. The number of methoxy groups -OCH3 is 1. The summed E-state index contributed by atoms with van der Waals surface area (Å²) in [5.74, 6) is -0.859. The molecule has 6 nitrogen and oxygen atoms in total. The maximum atomic E-state index is 11.7. The molecular formula is C10H9N3O3S. The van der Waals surface area contributed by atoms with E-state index in [-0.39, 0.29) is 11.6 Å². The fraction of sp³-hybridized carbons (Fsp3) is 0.100. The Morgan fingerprint density at radius 1 is 1.47 bits per heavy atom. The van der Waals surface area contributed by atoms with Crippen LogP contribution < -0.4 is 5.32 Å². The third-order valence-electron chi connectivity index (χ3n) is 2.03. The number of nitrogens with zero attached hydrogens (tertiary/aromatic N) is 1. The molecule has 2 N–H and O–H groups in total. The minimum atomic E-state index is -0.483. The molecular weight excluding hydrogens is 242 g/mol. The zero-order chi connectivity index (χ0) is 12.3. The van der Waals surface area contributed by atoms with Gasteiger partial charge < -0.3 is 10.1 Å². The number of amides is 1. The molecule has 0 fully saturated rings. The lowest BCUT2D eigenvalue weighted by Gasteiger charge is -2.02. The van der Waals surface area contributed by atoms with Crippen LogP contribution in [0.3, 0.4) is 0 Å². The van der Waals surface area contributed by atoms with Crippen molar-refractivity contribution in [1.29, 1.82) is 0 Å². The molecule has 2 rings (SSSR count). The Kier molecular flexibility index (Phi) is 3.20. The van der Waals surface area contributed by atoms with Crippen molar-refractivity contribution >= 4 is 28.2 Å². The standard InChI is InChI=1S/C10H9N3O3S/c1-16-10(15)6-3-5-17-9(6)12-8(14)7-2-4-11-13-7/h2-5H,1H3,(H,11,13)(H,12,14). The number of nitrogens with one attached hydrogen (secondary N) is 2. The van der Waals surface area contributed by atoms with Crippen LogP contribution in [0.1, 0.15) is 20.8 Å². The highest BCUT2D eigenvalue weighted by molar-refractivity contribution is 7.14. The molecule has 0 spiro atoms. The quantitative estimate of drug-likeness (QED) is 0.810. The summed E-state index contributed by atoms with van der Waals surface area (Å²) in [7, 11) is 1.29. The van der Waals surface area contributed by atoms with Gasteiger partial charge in [0.2, 0.25) is 0 Å². The maximum absolute atomic E-state index is 11.7. The van der Waals surface area contributed by atoms with Gasteiger partial charge in [-0.1, -0.05) is 0 Å². The summed E-state index contributed by atoms with van der Waals surface area (Å²) >= 11 is 1.25. The van der Waals surface area contributed by atoms with Crippen molar-refractivity contribution in [3.63, 3.8) is 0 Å². The van der Waals surface area contributed by atoms with Crippen molar-refractivity contribution in [2.24, 2.45) is 0 Å². The summed E-state index contributed by atoms with van der Waals surface area (Å²) in [6, 6.07) is 3.14. The first kappa shape index (κ1) is 11.3. The van der Waals surface area contributed by atoms with Crippen molar-refractivity contribution in [3.05, 3.63) is 35.0 Å². The van der Waals surface area contributed by atoms with Gasteiger partial charge in [0.15, 0.2) is 0 Å². The Bertz CT molecular complexity index is 533. The second kappa shape index (κ2) is 4.79. The number of thiophene rings is 1. The molecule has 0 atom stereocenters. The number of hydrogen-bond donors (Lipinski definition) is 2. The molecule has 2 aromatic rings. The third kappa shape index (κ3) is 2.34. The Morgan fingerprint density at radius 2 is 2.29 bits per heavy atom. The van der Waals surface area contributed by atoms with Gasteiger partial charge in [0, 0.05) is 6.20 Å². The lowest BCUT2D eigenvalue weighted by molar-refractivity contribution is 0.0602. The number of rotatable bonds is 3. The molecule has 0 saturated carbocycles. The summed E-state index contributed by atoms with van der Waals surface area (Å²) in [6.45, 7) is 0. The van der Waals surface area contributed by atoms with Crippen molar-refractivity contribution in [2.45, 2.75) is 0 Å². The van der Waals surface area contributed by atoms with Crippen molar-refractivity contribution in [3.8, 4) is 0 Å². The van der Waals surface area contributed by atoms with E-state index in [1.54, 1.807) is 23.7 Å². The number of aromatic amines is 1. The molecule has 7 heteroatoms. The molecule has 2 aromatic heterocycles. The number of aromatic nitrogens is 2. The van der Waals surface area contributed by atoms with Crippen LogP contribution in [0.4, 0.5) is 5.00 Å². The molecule has 2 heterocycles. The van der Waals surface area contributed by atoms with Gasteiger partial charge >= 0.3 is 5.97 Å². The van der Waals surface area contributed by atoms with Gasteiger partial charge in [0.05, 0.1) is 12.7 Å². The average Bonchev–Trinajstić information content (AvgIpc) is 2.98. The van der Waals surface area contributed by atoms with E-state index in [4.69, 9.17) is 0 Å². The van der Waals surface area contributed by atoms with Gasteiger partial charge in [0.1, 0.15) is 10.7 Å². The summed E-state index contributed by atoms with van der Waals surface area (Å²) in [6.07, 6.45) is 1.55. The number of hydrogen-bond acceptors (Lipinski definition) is 5. The van der Waals surface area contributed by atoms with Crippen LogP contribution in [0.5, 0.6) is 0 Å². The average molecular weight is 251 g/mol. The molecule has 0 aliphatic heterocycles. The van der Waals surface area contributed by atoms with Crippen LogP contribution in [0.15, 0.2) is 23.7 Å². The van der Waals surface area contributed by atoms with Crippen LogP contribution >= 0.6 is 11.3 Å². The first-order chi connectivity index (χ1) is 8.22. The summed E-state index contributed by atoms with van der Waals surface area (Å²) in [5.41, 5.74) is 0.593. The Morgan fingerprint density at radius 3 is 2.94 bits per heavy atom. The summed E-state index contributed by atoms with van der Waals surface area (Å²) in [5, 5.41) is 11.0. The number of carbonyl (C=O) groups is 2. The SMILES string of the molecule is COC(=O)c1ccsc1NC(=O)c1cc[nH]n1. The van der Waals surface area contributed by atoms with Gasteiger partial charge in [-0.3, -0.25) is 9.89 Å². The number of ether oxygens (including phenoxy) is 1. The van der Waals surface area contributed by atoms with E-state index >= 15 is 0 Å². The van der Waals surface area contributed by atoms with Gasteiger partial charge in [-0.2, -0.15) is 5.10 Å². The van der Waals surface area contributed by atoms with Crippen LogP contribution in [-0.2, 0) is 4.74 Å². The fourth-order valence-electron chi connectivity index (χ4n) is 1.23. The van der Waals surface area contributed by atoms with Crippen LogP contribution in [-0.4, -0.2) is 29.2 Å². The van der Waals surface area contributed by atoms with Crippen LogP contribution in [0, 0.1) is 0 Å². The fourth-order valence-corrected chi connectivity index (χ4v) is 2.00. The van der Waals surface area contributed by atoms with Gasteiger partial charge in [-0.05, 0) is 17.5 Å². The lowest BCUT2D eigenvalue weighted by atomic mass is 10.3. The first-order valence-corrected chi connectivity index (χ1v) is 5.57. The number of carbonyl (C=O) groups excluding carboxylic acids is 2. The number of esters is 1. The van der Waals surface area contributed by atoms with E-state index in [0.29, 0.717) is 10.6 Å². The van der Waals surface area contributed by atoms with Crippen LogP contribution in [0.25, 0.3) is 0 Å². The predicted octanol–water partition coefficient (Wildman–Crippen LogP) is 1.51. The van der Waals surface area contributed by atoms with Gasteiger partial charge in [-0.25, -0.2) is 4.79 Å². The zero-order valence-electron chi connectivity index (χ0n) is 8.89. The minimum absolute atomic E-state index is 0.259. The summed E-state index contributed by atoms with van der Waals surface area (Å²) in [4.78, 5) is 23.1. The molecule has 17 heavy (non-hydrogen) atoms. The van der Waals surface area contributed by atoms with E-state index in [1.807, 2.05) is 0 Å². The molecule has 1 amide bonds. The summed E-state index contributed by atoms with van der Waals surface area (Å²) < 4.78 is 4.60. The van der Waals surface area contributed by atoms with Crippen molar-refractivity contribution in [2.75, 3.05) is 12.4 Å². The molecule has 0 bridgehead atoms. The molecule has 0 unspecified atom stereocenters. The third-order valence-corrected chi connectivity index (χ3v) is 2.86. The van der Waals surface area contributed by atoms with Crippen molar-refractivity contribution < 1.29 is 14.3 Å². The highest BCUT2D eigenvalue weighted by Gasteiger charge is 2.16. The van der Waals surface area contributed by atoms with E-state index in [9.17, 15) is 9.59 Å². The molecule has 0 aliphatic rings. The lowest BCUT2D eigenvalue weighted by Crippen LogP contribution is -2.14. The minimum Gasteiger partial charge on any atom is -0.465 e. The smallest absolute Gasteiger partial charge is 0.340 e. The number of anilines is 1. The topological polar surface area (TPSA) is 84.1 Å². The van der Waals surface area contributed by atoms with E-state index in [2.05, 4.69) is 20.3 Å². The zero-order valence-corrected chi connectivity index (χ0v) is 9.71. The number of H-pyrrole nitrogens is 1. The van der Waals surface area contributed by atoms with Crippen molar-refractivity contribution in [1.82, 2.24) is 10.2 Å². The second-order valence-electron chi connectivity index (χ2n) is 3.07. The predicted molar refractivity (Wildman–Crippen MR) is 62.2 cm³/mol. The van der Waals surface area contributed by atoms with E-state index in [0.717, 1.165) is 0 Å². The Labute approximate surface area is 101 Å². The van der Waals surface area contributed by atoms with E-state index < -0.39 is 5.97 Å². The largest absolute Gasteiger partial charge is 0.465 e. The van der Waals surface area contributed by atoms with Gasteiger partial charge in [-0.15, -0.1) is 11.3 Å². The molecule has 88 valence electrons.